The molecule has 0 aliphatic heterocycles. The summed E-state index contributed by atoms with van der Waals surface area (Å²) in [5.41, 5.74) is 1.41. The Kier molecular flexibility index (Phi) is 3.20. The molecule has 0 amide bonds. The number of rotatable bonds is 3. The minimum absolute atomic E-state index is 0.0496. The quantitative estimate of drug-likeness (QED) is 0.640. The first-order valence-corrected chi connectivity index (χ1v) is 6.48. The van der Waals surface area contributed by atoms with Gasteiger partial charge in [0, 0.05) is 23.7 Å². The molecule has 3 nitrogen and oxygen atoms in total. The van der Waals surface area contributed by atoms with Crippen LogP contribution in [-0.2, 0) is 6.54 Å². The van der Waals surface area contributed by atoms with Crippen LogP contribution in [0.3, 0.4) is 0 Å². The Morgan fingerprint density at radius 2 is 2.47 bits per heavy atom. The molecule has 0 radical (unpaired) electrons. The van der Waals surface area contributed by atoms with Gasteiger partial charge in [-0.25, -0.2) is 0 Å². The van der Waals surface area contributed by atoms with Crippen molar-refractivity contribution in [3.63, 3.8) is 0 Å². The molecule has 0 saturated heterocycles. The molecule has 0 aliphatic rings. The molecule has 0 bridgehead atoms. The van der Waals surface area contributed by atoms with Crippen LogP contribution in [0.2, 0.25) is 0 Å². The molecular formula is C10H9IN2OS. The van der Waals surface area contributed by atoms with Gasteiger partial charge < -0.3 is 0 Å². The second-order valence-electron chi connectivity index (χ2n) is 3.00. The third-order valence-corrected chi connectivity index (χ3v) is 3.87. The van der Waals surface area contributed by atoms with Crippen molar-refractivity contribution < 1.29 is 4.79 Å². The summed E-state index contributed by atoms with van der Waals surface area (Å²) >= 11 is 3.79. The third-order valence-electron chi connectivity index (χ3n) is 2.08. The van der Waals surface area contributed by atoms with Crippen LogP contribution in [-0.4, -0.2) is 15.6 Å². The smallest absolute Gasteiger partial charge is 0.211 e. The molecule has 5 heteroatoms. The molecule has 0 unspecified atom stereocenters. The molecule has 2 aromatic heterocycles. The highest BCUT2D eigenvalue weighted by Crippen LogP contribution is 2.19. The first kappa shape index (κ1) is 10.8. The third kappa shape index (κ3) is 2.12. The van der Waals surface area contributed by atoms with E-state index in [4.69, 9.17) is 0 Å². The molecule has 2 heterocycles. The Bertz CT molecular complexity index is 489. The van der Waals surface area contributed by atoms with Crippen LogP contribution in [0.1, 0.15) is 23.0 Å². The van der Waals surface area contributed by atoms with Gasteiger partial charge in [-0.15, -0.1) is 11.3 Å². The molecule has 0 aliphatic carbocycles. The molecule has 15 heavy (non-hydrogen) atoms. The first-order valence-electron chi connectivity index (χ1n) is 4.53. The lowest BCUT2D eigenvalue weighted by atomic mass is 10.2. The van der Waals surface area contributed by atoms with Crippen molar-refractivity contribution in [1.82, 2.24) is 9.78 Å². The van der Waals surface area contributed by atoms with Gasteiger partial charge in [-0.3, -0.25) is 9.48 Å². The van der Waals surface area contributed by atoms with Crippen LogP contribution in [0, 0.1) is 2.88 Å². The second kappa shape index (κ2) is 4.44. The average Bonchev–Trinajstić information content (AvgIpc) is 2.84. The summed E-state index contributed by atoms with van der Waals surface area (Å²) in [5.74, 6) is 0.0496. The van der Waals surface area contributed by atoms with Gasteiger partial charge in [-0.05, 0) is 41.6 Å². The van der Waals surface area contributed by atoms with Crippen LogP contribution in [0.15, 0.2) is 23.7 Å². The van der Waals surface area contributed by atoms with E-state index in [2.05, 4.69) is 27.7 Å². The lowest BCUT2D eigenvalue weighted by Gasteiger charge is -2.01. The number of aromatic nitrogens is 2. The SMILES string of the molecule is CCn1nccc1C(=O)c1csc(I)c1. The van der Waals surface area contributed by atoms with E-state index in [1.807, 2.05) is 18.4 Å². The number of carbonyl (C=O) groups is 1. The zero-order chi connectivity index (χ0) is 10.8. The van der Waals surface area contributed by atoms with Crippen LogP contribution in [0.4, 0.5) is 0 Å². The lowest BCUT2D eigenvalue weighted by Crippen LogP contribution is -2.09. The highest BCUT2D eigenvalue weighted by Gasteiger charge is 2.14. The van der Waals surface area contributed by atoms with Crippen molar-refractivity contribution in [1.29, 1.82) is 0 Å². The fourth-order valence-corrected chi connectivity index (χ4v) is 2.68. The molecule has 0 fully saturated rings. The van der Waals surface area contributed by atoms with Gasteiger partial charge >= 0.3 is 0 Å². The fourth-order valence-electron chi connectivity index (χ4n) is 1.35. The topological polar surface area (TPSA) is 34.9 Å². The maximum absolute atomic E-state index is 12.0. The number of aryl methyl sites for hydroxylation is 1. The molecule has 78 valence electrons. The maximum atomic E-state index is 12.0. The van der Waals surface area contributed by atoms with E-state index < -0.39 is 0 Å². The van der Waals surface area contributed by atoms with Gasteiger partial charge in [-0.1, -0.05) is 0 Å². The largest absolute Gasteiger partial charge is 0.287 e. The van der Waals surface area contributed by atoms with Crippen molar-refractivity contribution in [3.8, 4) is 0 Å². The maximum Gasteiger partial charge on any atom is 0.211 e. The van der Waals surface area contributed by atoms with Gasteiger partial charge in [0.2, 0.25) is 5.78 Å². The summed E-state index contributed by atoms with van der Waals surface area (Å²) < 4.78 is 2.84. The molecule has 0 N–H and O–H groups in total. The Morgan fingerprint density at radius 1 is 1.67 bits per heavy atom. The van der Waals surface area contributed by atoms with Gasteiger partial charge in [0.05, 0.1) is 2.88 Å². The molecular weight excluding hydrogens is 323 g/mol. The lowest BCUT2D eigenvalue weighted by molar-refractivity contribution is 0.102. The van der Waals surface area contributed by atoms with Gasteiger partial charge in [0.1, 0.15) is 5.69 Å². The Morgan fingerprint density at radius 3 is 3.07 bits per heavy atom. The predicted octanol–water partition coefficient (Wildman–Crippen LogP) is 2.80. The molecule has 2 aromatic rings. The Balaban J connectivity index is 2.36. The number of ketones is 1. The molecule has 0 saturated carbocycles. The summed E-state index contributed by atoms with van der Waals surface area (Å²) in [6, 6.07) is 3.66. The summed E-state index contributed by atoms with van der Waals surface area (Å²) in [6.07, 6.45) is 1.66. The summed E-state index contributed by atoms with van der Waals surface area (Å²) in [5, 5.41) is 5.97. The molecule has 0 aromatic carbocycles. The highest BCUT2D eigenvalue weighted by atomic mass is 127. The van der Waals surface area contributed by atoms with Gasteiger partial charge in [0.25, 0.3) is 0 Å². The fraction of sp³-hybridized carbons (Fsp3) is 0.200. The van der Waals surface area contributed by atoms with E-state index >= 15 is 0 Å². The predicted molar refractivity (Wildman–Crippen MR) is 68.4 cm³/mol. The van der Waals surface area contributed by atoms with Crippen molar-refractivity contribution in [2.45, 2.75) is 13.5 Å². The van der Waals surface area contributed by atoms with E-state index in [9.17, 15) is 4.79 Å². The van der Waals surface area contributed by atoms with Crippen molar-refractivity contribution in [2.75, 3.05) is 0 Å². The number of carbonyl (C=O) groups excluding carboxylic acids is 1. The highest BCUT2D eigenvalue weighted by molar-refractivity contribution is 14.1. The number of hydrogen-bond acceptors (Lipinski definition) is 3. The first-order chi connectivity index (χ1) is 7.22. The van der Waals surface area contributed by atoms with Crippen LogP contribution in [0.5, 0.6) is 0 Å². The van der Waals surface area contributed by atoms with E-state index in [0.29, 0.717) is 5.69 Å². The summed E-state index contributed by atoms with van der Waals surface area (Å²) in [4.78, 5) is 12.0. The molecule has 2 rings (SSSR count). The minimum Gasteiger partial charge on any atom is -0.287 e. The number of nitrogens with zero attached hydrogens (tertiary/aromatic N) is 2. The minimum atomic E-state index is 0.0496. The average molecular weight is 332 g/mol. The van der Waals surface area contributed by atoms with Crippen LogP contribution < -0.4 is 0 Å². The van der Waals surface area contributed by atoms with Gasteiger partial charge in [0.15, 0.2) is 0 Å². The van der Waals surface area contributed by atoms with Crippen molar-refractivity contribution >= 4 is 39.7 Å². The molecule has 0 atom stereocenters. The standard InChI is InChI=1S/C10H9IN2OS/c1-2-13-8(3-4-12-13)10(14)7-5-9(11)15-6-7/h3-6H,2H2,1H3. The summed E-state index contributed by atoms with van der Waals surface area (Å²) in [7, 11) is 0. The van der Waals surface area contributed by atoms with Crippen LogP contribution in [0.25, 0.3) is 0 Å². The van der Waals surface area contributed by atoms with Crippen molar-refractivity contribution in [2.24, 2.45) is 0 Å². The van der Waals surface area contributed by atoms with E-state index in [1.165, 1.54) is 0 Å². The van der Waals surface area contributed by atoms with Crippen LogP contribution >= 0.6 is 33.9 Å². The number of thiophene rings is 1. The van der Waals surface area contributed by atoms with E-state index in [0.717, 1.165) is 15.0 Å². The second-order valence-corrected chi connectivity index (χ2v) is 5.81. The Labute approximate surface area is 105 Å². The molecule has 0 spiro atoms. The zero-order valence-electron chi connectivity index (χ0n) is 8.11. The monoisotopic (exact) mass is 332 g/mol. The van der Waals surface area contributed by atoms with E-state index in [1.54, 1.807) is 28.3 Å². The number of halogens is 1. The normalized spacial score (nSPS) is 10.5. The van der Waals surface area contributed by atoms with E-state index in [-0.39, 0.29) is 5.78 Å². The number of hydrogen-bond donors (Lipinski definition) is 0. The summed E-state index contributed by atoms with van der Waals surface area (Å²) in [6.45, 7) is 2.69. The van der Waals surface area contributed by atoms with Gasteiger partial charge in [-0.2, -0.15) is 5.10 Å². The van der Waals surface area contributed by atoms with Crippen molar-refractivity contribution in [3.05, 3.63) is 37.9 Å². The Hall–Kier alpha value is -0.690. The zero-order valence-corrected chi connectivity index (χ0v) is 11.1.